The van der Waals surface area contributed by atoms with Crippen LogP contribution in [0.25, 0.3) is 0 Å². The molecular formula is C24H29N3O2. The molecule has 0 radical (unpaired) electrons. The zero-order chi connectivity index (χ0) is 20.3. The van der Waals surface area contributed by atoms with Crippen molar-refractivity contribution < 1.29 is 9.59 Å². The van der Waals surface area contributed by atoms with Crippen LogP contribution in [0.4, 0.5) is 0 Å². The highest BCUT2D eigenvalue weighted by Crippen LogP contribution is 2.59. The lowest BCUT2D eigenvalue weighted by atomic mass is 9.90. The SMILES string of the molecule is Cc1cccc(CNC(=O)C2CC23CCN(C(=O)CCc2ccccc2)CC3)n1. The molecule has 2 aliphatic rings. The Bertz CT molecular complexity index is 873. The zero-order valence-corrected chi connectivity index (χ0v) is 17.1. The van der Waals surface area contributed by atoms with E-state index in [0.717, 1.165) is 50.2 Å². The average Bonchev–Trinajstić information content (AvgIpc) is 3.45. The van der Waals surface area contributed by atoms with E-state index in [1.54, 1.807) is 0 Å². The van der Waals surface area contributed by atoms with Crippen molar-refractivity contribution in [3.05, 3.63) is 65.5 Å². The quantitative estimate of drug-likeness (QED) is 0.822. The minimum atomic E-state index is 0.0916. The first-order chi connectivity index (χ1) is 14.1. The van der Waals surface area contributed by atoms with E-state index in [4.69, 9.17) is 0 Å². The number of aryl methyl sites for hydroxylation is 2. The molecule has 29 heavy (non-hydrogen) atoms. The molecule has 5 heteroatoms. The lowest BCUT2D eigenvalue weighted by Gasteiger charge is -2.33. The van der Waals surface area contributed by atoms with Crippen LogP contribution < -0.4 is 5.32 Å². The van der Waals surface area contributed by atoms with Gasteiger partial charge in [0.25, 0.3) is 0 Å². The van der Waals surface area contributed by atoms with E-state index in [-0.39, 0.29) is 23.1 Å². The number of benzene rings is 1. The number of rotatable bonds is 6. The highest BCUT2D eigenvalue weighted by atomic mass is 16.2. The van der Waals surface area contributed by atoms with E-state index in [1.807, 2.05) is 48.2 Å². The number of hydrogen-bond acceptors (Lipinski definition) is 3. The molecule has 5 nitrogen and oxygen atoms in total. The predicted octanol–water partition coefficient (Wildman–Crippen LogP) is 3.27. The summed E-state index contributed by atoms with van der Waals surface area (Å²) in [6.07, 6.45) is 4.17. The largest absolute Gasteiger partial charge is 0.350 e. The summed E-state index contributed by atoms with van der Waals surface area (Å²) in [6.45, 7) is 3.99. The summed E-state index contributed by atoms with van der Waals surface area (Å²) in [4.78, 5) is 31.6. The van der Waals surface area contributed by atoms with Crippen LogP contribution in [0.2, 0.25) is 0 Å². The molecule has 2 aromatic rings. The molecule has 2 heterocycles. The third-order valence-corrected chi connectivity index (χ3v) is 6.48. The number of pyridine rings is 1. The van der Waals surface area contributed by atoms with E-state index >= 15 is 0 Å². The van der Waals surface area contributed by atoms with E-state index in [1.165, 1.54) is 5.56 Å². The number of carbonyl (C=O) groups excluding carboxylic acids is 2. The van der Waals surface area contributed by atoms with Gasteiger partial charge in [0.2, 0.25) is 11.8 Å². The average molecular weight is 392 g/mol. The van der Waals surface area contributed by atoms with Gasteiger partial charge in [0.15, 0.2) is 0 Å². The van der Waals surface area contributed by atoms with E-state index in [2.05, 4.69) is 22.4 Å². The van der Waals surface area contributed by atoms with Crippen molar-refractivity contribution in [2.45, 2.75) is 45.6 Å². The molecule has 0 bridgehead atoms. The van der Waals surface area contributed by atoms with Gasteiger partial charge in [0.05, 0.1) is 12.2 Å². The molecule has 1 unspecified atom stereocenters. The minimum Gasteiger partial charge on any atom is -0.350 e. The summed E-state index contributed by atoms with van der Waals surface area (Å²) in [5.41, 5.74) is 3.17. The third kappa shape index (κ3) is 4.66. The Morgan fingerprint density at radius 1 is 1.10 bits per heavy atom. The first-order valence-electron chi connectivity index (χ1n) is 10.6. The summed E-state index contributed by atoms with van der Waals surface area (Å²) >= 11 is 0. The maximum atomic E-state index is 12.6. The van der Waals surface area contributed by atoms with Gasteiger partial charge in [-0.2, -0.15) is 0 Å². The van der Waals surface area contributed by atoms with Crippen LogP contribution in [0.1, 0.15) is 42.6 Å². The molecule has 1 N–H and O–H groups in total. The summed E-state index contributed by atoms with van der Waals surface area (Å²) < 4.78 is 0. The molecule has 152 valence electrons. The van der Waals surface area contributed by atoms with Crippen molar-refractivity contribution in [2.75, 3.05) is 13.1 Å². The van der Waals surface area contributed by atoms with Crippen molar-refractivity contribution in [3.8, 4) is 0 Å². The van der Waals surface area contributed by atoms with Gasteiger partial charge in [-0.3, -0.25) is 14.6 Å². The molecular weight excluding hydrogens is 362 g/mol. The molecule has 1 aromatic heterocycles. The van der Waals surface area contributed by atoms with E-state index < -0.39 is 0 Å². The van der Waals surface area contributed by atoms with Gasteiger partial charge in [0.1, 0.15) is 0 Å². The number of hydrogen-bond donors (Lipinski definition) is 1. The Morgan fingerprint density at radius 3 is 2.59 bits per heavy atom. The predicted molar refractivity (Wildman–Crippen MR) is 112 cm³/mol. The lowest BCUT2D eigenvalue weighted by Crippen LogP contribution is -2.40. The van der Waals surface area contributed by atoms with Crippen LogP contribution in [0.5, 0.6) is 0 Å². The van der Waals surface area contributed by atoms with Gasteiger partial charge in [-0.25, -0.2) is 0 Å². The third-order valence-electron chi connectivity index (χ3n) is 6.48. The molecule has 1 aliphatic heterocycles. The van der Waals surface area contributed by atoms with Gasteiger partial charge in [-0.15, -0.1) is 0 Å². The Balaban J connectivity index is 1.21. The van der Waals surface area contributed by atoms with Crippen molar-refractivity contribution in [1.82, 2.24) is 15.2 Å². The summed E-state index contributed by atoms with van der Waals surface area (Å²) in [5, 5.41) is 3.05. The van der Waals surface area contributed by atoms with E-state index in [9.17, 15) is 9.59 Å². The smallest absolute Gasteiger partial charge is 0.224 e. The fourth-order valence-corrected chi connectivity index (χ4v) is 4.53. The van der Waals surface area contributed by atoms with Crippen LogP contribution in [-0.2, 0) is 22.6 Å². The van der Waals surface area contributed by atoms with Gasteiger partial charge in [-0.05, 0) is 55.7 Å². The second-order valence-corrected chi connectivity index (χ2v) is 8.47. The Kier molecular flexibility index (Phi) is 5.65. The Morgan fingerprint density at radius 2 is 1.86 bits per heavy atom. The molecule has 1 aliphatic carbocycles. The van der Waals surface area contributed by atoms with Crippen molar-refractivity contribution in [3.63, 3.8) is 0 Å². The highest BCUT2D eigenvalue weighted by molar-refractivity contribution is 5.82. The molecule has 1 aromatic carbocycles. The Labute approximate surface area is 172 Å². The van der Waals surface area contributed by atoms with Crippen molar-refractivity contribution in [2.24, 2.45) is 11.3 Å². The second-order valence-electron chi connectivity index (χ2n) is 8.47. The van der Waals surface area contributed by atoms with Crippen LogP contribution in [0, 0.1) is 18.3 Å². The van der Waals surface area contributed by atoms with Gasteiger partial charge >= 0.3 is 0 Å². The maximum absolute atomic E-state index is 12.6. The zero-order valence-electron chi connectivity index (χ0n) is 17.1. The molecule has 4 rings (SSSR count). The first kappa shape index (κ1) is 19.6. The van der Waals surface area contributed by atoms with Crippen LogP contribution >= 0.6 is 0 Å². The van der Waals surface area contributed by atoms with Crippen molar-refractivity contribution >= 4 is 11.8 Å². The van der Waals surface area contributed by atoms with Gasteiger partial charge in [0, 0.05) is 31.1 Å². The van der Waals surface area contributed by atoms with Crippen molar-refractivity contribution in [1.29, 1.82) is 0 Å². The van der Waals surface area contributed by atoms with Gasteiger partial charge in [-0.1, -0.05) is 36.4 Å². The molecule has 1 saturated carbocycles. The molecule has 2 amide bonds. The molecule has 1 atom stereocenters. The van der Waals surface area contributed by atoms with Crippen LogP contribution in [0.15, 0.2) is 48.5 Å². The summed E-state index contributed by atoms with van der Waals surface area (Å²) in [6, 6.07) is 16.0. The van der Waals surface area contributed by atoms with Crippen LogP contribution in [-0.4, -0.2) is 34.8 Å². The monoisotopic (exact) mass is 391 g/mol. The molecule has 1 spiro atoms. The van der Waals surface area contributed by atoms with Crippen LogP contribution in [0.3, 0.4) is 0 Å². The number of nitrogens with one attached hydrogen (secondary N) is 1. The summed E-state index contributed by atoms with van der Waals surface area (Å²) in [7, 11) is 0. The topological polar surface area (TPSA) is 62.3 Å². The fourth-order valence-electron chi connectivity index (χ4n) is 4.53. The maximum Gasteiger partial charge on any atom is 0.224 e. The first-order valence-corrected chi connectivity index (χ1v) is 10.6. The highest BCUT2D eigenvalue weighted by Gasteiger charge is 2.58. The lowest BCUT2D eigenvalue weighted by molar-refractivity contribution is -0.132. The number of piperidine rings is 1. The number of aromatic nitrogens is 1. The Hall–Kier alpha value is -2.69. The molecule has 2 fully saturated rings. The minimum absolute atomic E-state index is 0.0916. The fraction of sp³-hybridized carbons (Fsp3) is 0.458. The number of nitrogens with zero attached hydrogens (tertiary/aromatic N) is 2. The van der Waals surface area contributed by atoms with E-state index in [0.29, 0.717) is 13.0 Å². The number of carbonyl (C=O) groups is 2. The normalized spacial score (nSPS) is 19.8. The summed E-state index contributed by atoms with van der Waals surface area (Å²) in [5.74, 6) is 0.460. The standard InChI is InChI=1S/C24H29N3O2/c1-18-6-5-9-20(26-18)17-25-23(29)21-16-24(21)12-14-27(15-13-24)22(28)11-10-19-7-3-2-4-8-19/h2-9,21H,10-17H2,1H3,(H,25,29). The number of likely N-dealkylation sites (tertiary alicyclic amines) is 1. The molecule has 1 saturated heterocycles. The number of amides is 2. The van der Waals surface area contributed by atoms with Gasteiger partial charge < -0.3 is 10.2 Å². The second kappa shape index (κ2) is 8.36.